The zero-order valence-electron chi connectivity index (χ0n) is 11.5. The third kappa shape index (κ3) is 3.24. The molecule has 0 atom stereocenters. The van der Waals surface area contributed by atoms with Gasteiger partial charge in [0.05, 0.1) is 4.92 Å². The largest absolute Gasteiger partial charge is 0.326 e. The molecule has 0 radical (unpaired) electrons. The Morgan fingerprint density at radius 1 is 1.29 bits per heavy atom. The molecular weight excluding hydrogens is 270 g/mol. The summed E-state index contributed by atoms with van der Waals surface area (Å²) in [6.07, 6.45) is 0. The quantitative estimate of drug-likeness (QED) is 0.666. The van der Waals surface area contributed by atoms with E-state index >= 15 is 0 Å². The van der Waals surface area contributed by atoms with Crippen molar-refractivity contribution in [2.75, 3.05) is 5.32 Å². The number of rotatable bonds is 4. The molecular formula is C15H15N3O3. The van der Waals surface area contributed by atoms with Crippen LogP contribution in [0.5, 0.6) is 0 Å². The first-order valence-electron chi connectivity index (χ1n) is 6.37. The van der Waals surface area contributed by atoms with Crippen LogP contribution in [0.15, 0.2) is 42.5 Å². The van der Waals surface area contributed by atoms with Gasteiger partial charge < -0.3 is 11.1 Å². The number of amides is 1. The molecule has 0 bridgehead atoms. The minimum absolute atomic E-state index is 0.0279. The molecule has 0 spiro atoms. The van der Waals surface area contributed by atoms with Gasteiger partial charge in [0.1, 0.15) is 0 Å². The molecule has 0 fully saturated rings. The van der Waals surface area contributed by atoms with E-state index in [1.807, 2.05) is 0 Å². The van der Waals surface area contributed by atoms with Crippen molar-refractivity contribution in [2.24, 2.45) is 5.73 Å². The summed E-state index contributed by atoms with van der Waals surface area (Å²) in [4.78, 5) is 22.7. The van der Waals surface area contributed by atoms with Crippen LogP contribution in [0.4, 0.5) is 11.4 Å². The van der Waals surface area contributed by atoms with Crippen molar-refractivity contribution in [3.8, 4) is 0 Å². The second-order valence-corrected chi connectivity index (χ2v) is 4.57. The van der Waals surface area contributed by atoms with Crippen molar-refractivity contribution >= 4 is 17.3 Å². The Bertz CT molecular complexity index is 698. The van der Waals surface area contributed by atoms with Crippen LogP contribution in [0, 0.1) is 17.0 Å². The molecule has 21 heavy (non-hydrogen) atoms. The fourth-order valence-corrected chi connectivity index (χ4v) is 2.00. The van der Waals surface area contributed by atoms with Gasteiger partial charge in [0.2, 0.25) is 0 Å². The predicted molar refractivity (Wildman–Crippen MR) is 80.1 cm³/mol. The fourth-order valence-electron chi connectivity index (χ4n) is 2.00. The minimum atomic E-state index is -0.473. The zero-order valence-corrected chi connectivity index (χ0v) is 11.5. The maximum atomic E-state index is 12.2. The van der Waals surface area contributed by atoms with Crippen molar-refractivity contribution in [1.29, 1.82) is 0 Å². The van der Waals surface area contributed by atoms with Crippen molar-refractivity contribution in [2.45, 2.75) is 13.5 Å². The van der Waals surface area contributed by atoms with E-state index in [2.05, 4.69) is 5.32 Å². The van der Waals surface area contributed by atoms with Crippen LogP contribution in [0.2, 0.25) is 0 Å². The summed E-state index contributed by atoms with van der Waals surface area (Å²) in [6.45, 7) is 1.89. The van der Waals surface area contributed by atoms with Crippen molar-refractivity contribution in [3.63, 3.8) is 0 Å². The average Bonchev–Trinajstić information content (AvgIpc) is 2.48. The maximum absolute atomic E-state index is 12.2. The van der Waals surface area contributed by atoms with E-state index < -0.39 is 4.92 Å². The molecule has 0 aliphatic heterocycles. The molecule has 2 aromatic rings. The summed E-state index contributed by atoms with van der Waals surface area (Å²) in [5.41, 5.74) is 7.67. The first-order valence-corrected chi connectivity index (χ1v) is 6.37. The second kappa shape index (κ2) is 6.15. The van der Waals surface area contributed by atoms with Gasteiger partial charge in [-0.15, -0.1) is 0 Å². The third-order valence-corrected chi connectivity index (χ3v) is 3.15. The molecule has 6 nitrogen and oxygen atoms in total. The van der Waals surface area contributed by atoms with E-state index in [4.69, 9.17) is 5.73 Å². The third-order valence-electron chi connectivity index (χ3n) is 3.15. The van der Waals surface area contributed by atoms with Crippen LogP contribution in [0.1, 0.15) is 21.5 Å². The lowest BCUT2D eigenvalue weighted by Gasteiger charge is -2.09. The summed E-state index contributed by atoms with van der Waals surface area (Å²) >= 11 is 0. The van der Waals surface area contributed by atoms with Gasteiger partial charge in [-0.1, -0.05) is 24.3 Å². The highest BCUT2D eigenvalue weighted by Crippen LogP contribution is 2.23. The fraction of sp³-hybridized carbons (Fsp3) is 0.133. The number of benzene rings is 2. The Labute approximate surface area is 121 Å². The highest BCUT2D eigenvalue weighted by atomic mass is 16.6. The first-order chi connectivity index (χ1) is 10.0. The summed E-state index contributed by atoms with van der Waals surface area (Å²) in [5.74, 6) is -0.339. The van der Waals surface area contributed by atoms with Crippen LogP contribution in [0.3, 0.4) is 0 Å². The zero-order chi connectivity index (χ0) is 15.4. The van der Waals surface area contributed by atoms with Gasteiger partial charge in [-0.2, -0.15) is 0 Å². The Kier molecular flexibility index (Phi) is 4.30. The van der Waals surface area contributed by atoms with Gasteiger partial charge >= 0.3 is 0 Å². The van der Waals surface area contributed by atoms with Gasteiger partial charge in [-0.3, -0.25) is 14.9 Å². The molecule has 0 saturated heterocycles. The van der Waals surface area contributed by atoms with Gasteiger partial charge in [-0.25, -0.2) is 0 Å². The van der Waals surface area contributed by atoms with Crippen LogP contribution in [-0.2, 0) is 6.54 Å². The van der Waals surface area contributed by atoms with Crippen molar-refractivity contribution in [1.82, 2.24) is 0 Å². The van der Waals surface area contributed by atoms with Gasteiger partial charge in [0, 0.05) is 29.4 Å². The number of anilines is 1. The molecule has 6 heteroatoms. The van der Waals surface area contributed by atoms with E-state index in [0.717, 1.165) is 5.56 Å². The SMILES string of the molecule is Cc1ccc(NC(=O)c2ccccc2CN)cc1[N+](=O)[O-]. The minimum Gasteiger partial charge on any atom is -0.326 e. The molecule has 0 aliphatic rings. The number of carbonyl (C=O) groups is 1. The Morgan fingerprint density at radius 2 is 2.00 bits per heavy atom. The topological polar surface area (TPSA) is 98.3 Å². The van der Waals surface area contributed by atoms with E-state index in [1.54, 1.807) is 43.3 Å². The number of aryl methyl sites for hydroxylation is 1. The lowest BCUT2D eigenvalue weighted by molar-refractivity contribution is -0.385. The van der Waals surface area contributed by atoms with Crippen molar-refractivity contribution < 1.29 is 9.72 Å². The molecule has 0 heterocycles. The number of hydrogen-bond donors (Lipinski definition) is 2. The molecule has 2 rings (SSSR count). The highest BCUT2D eigenvalue weighted by molar-refractivity contribution is 6.05. The van der Waals surface area contributed by atoms with Gasteiger partial charge in [0.25, 0.3) is 11.6 Å². The number of carbonyl (C=O) groups excluding carboxylic acids is 1. The maximum Gasteiger partial charge on any atom is 0.274 e. The number of hydrogen-bond acceptors (Lipinski definition) is 4. The van der Waals surface area contributed by atoms with Crippen molar-refractivity contribution in [3.05, 3.63) is 69.3 Å². The lowest BCUT2D eigenvalue weighted by atomic mass is 10.1. The summed E-state index contributed by atoms with van der Waals surface area (Å²) < 4.78 is 0. The standard InChI is InChI=1S/C15H15N3O3/c1-10-6-7-12(8-14(10)18(20)21)17-15(19)13-5-3-2-4-11(13)9-16/h2-8H,9,16H2,1H3,(H,17,19). The van der Waals surface area contributed by atoms with E-state index in [1.165, 1.54) is 6.07 Å². The van der Waals surface area contributed by atoms with Gasteiger partial charge in [-0.05, 0) is 24.6 Å². The van der Waals surface area contributed by atoms with Gasteiger partial charge in [0.15, 0.2) is 0 Å². The monoisotopic (exact) mass is 285 g/mol. The first kappa shape index (κ1) is 14.7. The molecule has 0 saturated carbocycles. The van der Waals surface area contributed by atoms with E-state index in [0.29, 0.717) is 16.8 Å². The summed E-state index contributed by atoms with van der Waals surface area (Å²) in [7, 11) is 0. The Morgan fingerprint density at radius 3 is 2.67 bits per heavy atom. The number of nitro groups is 1. The normalized spacial score (nSPS) is 10.2. The molecule has 2 aromatic carbocycles. The lowest BCUT2D eigenvalue weighted by Crippen LogP contribution is -2.15. The van der Waals surface area contributed by atoms with Crippen LogP contribution in [-0.4, -0.2) is 10.8 Å². The van der Waals surface area contributed by atoms with Crippen LogP contribution >= 0.6 is 0 Å². The predicted octanol–water partition coefficient (Wildman–Crippen LogP) is 2.61. The molecule has 3 N–H and O–H groups in total. The van der Waals surface area contributed by atoms with Crippen LogP contribution in [0.25, 0.3) is 0 Å². The smallest absolute Gasteiger partial charge is 0.274 e. The second-order valence-electron chi connectivity index (χ2n) is 4.57. The molecule has 108 valence electrons. The Balaban J connectivity index is 2.28. The highest BCUT2D eigenvalue weighted by Gasteiger charge is 2.14. The van der Waals surface area contributed by atoms with E-state index in [-0.39, 0.29) is 18.1 Å². The van der Waals surface area contributed by atoms with Crippen LogP contribution < -0.4 is 11.1 Å². The molecule has 1 amide bonds. The number of nitrogens with zero attached hydrogens (tertiary/aromatic N) is 1. The van der Waals surface area contributed by atoms with E-state index in [9.17, 15) is 14.9 Å². The molecule has 0 aromatic heterocycles. The molecule has 0 unspecified atom stereocenters. The number of nitrogens with one attached hydrogen (secondary N) is 1. The molecule has 0 aliphatic carbocycles. The average molecular weight is 285 g/mol. The number of nitro benzene ring substituents is 1. The summed E-state index contributed by atoms with van der Waals surface area (Å²) in [5, 5.41) is 13.6. The Hall–Kier alpha value is -2.73. The summed E-state index contributed by atoms with van der Waals surface area (Å²) in [6, 6.07) is 11.6. The number of nitrogens with two attached hydrogens (primary N) is 1.